The van der Waals surface area contributed by atoms with E-state index in [-0.39, 0.29) is 0 Å². The maximum Gasteiger partial charge on any atom is 0.333 e. The second kappa shape index (κ2) is 24.2. The average Bonchev–Trinajstić information content (AvgIpc) is 3.43. The minimum Gasteiger partial charge on any atom is -0.486 e. The molecular weight excluding hydrogens is 955 g/mol. The first-order valence-corrected chi connectivity index (χ1v) is 22.9. The van der Waals surface area contributed by atoms with Gasteiger partial charge in [-0.05, 0) is 147 Å². The molecule has 0 fully saturated rings. The Morgan fingerprint density at radius 3 is 0.737 bits per heavy atom. The summed E-state index contributed by atoms with van der Waals surface area (Å²) in [7, 11) is 0. The van der Waals surface area contributed by atoms with E-state index in [0.29, 0.717) is 22.3 Å². The summed E-state index contributed by atoms with van der Waals surface area (Å²) in [6.07, 6.45) is 9.17. The standard InChI is InChI=1S/C63H41N5O8/c1-40-6-28-51(29-7-40)68(52-30-16-41(17-31-52)34-54(47-20-8-43(9-21-47)36-56(64-2)60(69)70)48-22-10-44(11-23-48)37-57(65-3)61(71)72)53-32-18-42(19-33-53)35-55(49-24-12-45(13-25-49)38-58(66-4)62(73)74)50-26-14-46(15-27-50)39-59(67-5)63(75)76/h6-39H,1H3,(H,69,70)(H,71,72)(H,73,74)(H,75,76). The lowest BCUT2D eigenvalue weighted by Gasteiger charge is -2.26. The summed E-state index contributed by atoms with van der Waals surface area (Å²) in [5, 5.41) is 37.7. The van der Waals surface area contributed by atoms with Crippen LogP contribution in [0.2, 0.25) is 0 Å². The Kier molecular flexibility index (Phi) is 16.7. The zero-order valence-electron chi connectivity index (χ0n) is 40.3. The fraction of sp³-hybridized carbons (Fsp3) is 0.0159. The number of benzene rings is 7. The van der Waals surface area contributed by atoms with E-state index in [1.807, 2.05) is 140 Å². The minimum atomic E-state index is -1.33. The molecule has 0 unspecified atom stereocenters. The molecule has 4 N–H and O–H groups in total. The molecule has 7 aromatic carbocycles. The maximum absolute atomic E-state index is 11.5. The smallest absolute Gasteiger partial charge is 0.333 e. The summed E-state index contributed by atoms with van der Waals surface area (Å²) in [6, 6.07) is 52.4. The Morgan fingerprint density at radius 2 is 0.526 bits per heavy atom. The minimum absolute atomic E-state index is 0.424. The van der Waals surface area contributed by atoms with Crippen LogP contribution in [-0.2, 0) is 19.2 Å². The van der Waals surface area contributed by atoms with Crippen LogP contribution in [0.4, 0.5) is 17.1 Å². The summed E-state index contributed by atoms with van der Waals surface area (Å²) in [5.74, 6) is -5.32. The van der Waals surface area contributed by atoms with Crippen molar-refractivity contribution >= 4 is 88.5 Å². The van der Waals surface area contributed by atoms with E-state index < -0.39 is 46.7 Å². The molecule has 13 heteroatoms. The molecule has 0 radical (unpaired) electrons. The van der Waals surface area contributed by atoms with Crippen LogP contribution in [0.5, 0.6) is 0 Å². The highest BCUT2D eigenvalue weighted by molar-refractivity contribution is 5.98. The molecule has 7 aromatic rings. The molecule has 0 atom stereocenters. The van der Waals surface area contributed by atoms with E-state index in [1.165, 1.54) is 24.3 Å². The Morgan fingerprint density at radius 1 is 0.329 bits per heavy atom. The Bertz CT molecular complexity index is 3340. The van der Waals surface area contributed by atoms with Gasteiger partial charge in [-0.25, -0.2) is 19.4 Å². The summed E-state index contributed by atoms with van der Waals surface area (Å²) in [4.78, 5) is 60.7. The molecule has 76 heavy (non-hydrogen) atoms. The van der Waals surface area contributed by atoms with Gasteiger partial charge in [-0.15, -0.1) is 0 Å². The Labute approximate surface area is 437 Å². The summed E-state index contributed by atoms with van der Waals surface area (Å²) in [5.41, 5.74) is 10.4. The number of hydrogen-bond acceptors (Lipinski definition) is 5. The first kappa shape index (κ1) is 52.4. The zero-order valence-corrected chi connectivity index (χ0v) is 40.3. The number of aliphatic carboxylic acids is 4. The number of carboxylic acids is 4. The van der Waals surface area contributed by atoms with Gasteiger partial charge in [-0.3, -0.25) is 19.2 Å². The number of carboxylic acid groups (broad SMARTS) is 4. The molecule has 0 spiro atoms. The van der Waals surface area contributed by atoms with Crippen LogP contribution in [0.25, 0.3) is 67.0 Å². The van der Waals surface area contributed by atoms with E-state index in [0.717, 1.165) is 67.2 Å². The lowest BCUT2D eigenvalue weighted by molar-refractivity contribution is -0.133. The molecular formula is C63H41N5O8. The molecule has 0 aliphatic carbocycles. The van der Waals surface area contributed by atoms with Gasteiger partial charge in [0.1, 0.15) is 0 Å². The van der Waals surface area contributed by atoms with Crippen molar-refractivity contribution in [3.63, 3.8) is 0 Å². The topological polar surface area (TPSA) is 170 Å². The third-order valence-electron chi connectivity index (χ3n) is 11.7. The van der Waals surface area contributed by atoms with Gasteiger partial charge < -0.3 is 25.3 Å². The van der Waals surface area contributed by atoms with Gasteiger partial charge in [-0.1, -0.05) is 139 Å². The van der Waals surface area contributed by atoms with Crippen LogP contribution in [0.3, 0.4) is 0 Å². The van der Waals surface area contributed by atoms with Crippen molar-refractivity contribution in [2.75, 3.05) is 4.90 Å². The first-order chi connectivity index (χ1) is 36.7. The maximum atomic E-state index is 11.5. The van der Waals surface area contributed by atoms with Crippen LogP contribution in [0, 0.1) is 33.2 Å². The van der Waals surface area contributed by atoms with Gasteiger partial charge in [-0.2, -0.15) is 0 Å². The van der Waals surface area contributed by atoms with Crippen molar-refractivity contribution in [3.05, 3.63) is 300 Å². The fourth-order valence-electron chi connectivity index (χ4n) is 7.81. The normalized spacial score (nSPS) is 11.4. The number of rotatable bonds is 17. The van der Waals surface area contributed by atoms with Gasteiger partial charge >= 0.3 is 23.9 Å². The van der Waals surface area contributed by atoms with E-state index in [2.05, 4.69) is 24.3 Å². The second-order valence-electron chi connectivity index (χ2n) is 16.7. The zero-order chi connectivity index (χ0) is 54.3. The van der Waals surface area contributed by atoms with Crippen molar-refractivity contribution in [1.82, 2.24) is 0 Å². The number of anilines is 3. The highest BCUT2D eigenvalue weighted by atomic mass is 16.4. The largest absolute Gasteiger partial charge is 0.486 e. The number of nitrogens with zero attached hydrogens (tertiary/aromatic N) is 5. The van der Waals surface area contributed by atoms with Crippen LogP contribution in [-0.4, -0.2) is 44.3 Å². The van der Waals surface area contributed by atoms with Crippen LogP contribution in [0.15, 0.2) is 193 Å². The lowest BCUT2D eigenvalue weighted by Crippen LogP contribution is -2.09. The van der Waals surface area contributed by atoms with Crippen molar-refractivity contribution in [1.29, 1.82) is 0 Å². The molecule has 0 aromatic heterocycles. The molecule has 0 heterocycles. The van der Waals surface area contributed by atoms with E-state index >= 15 is 0 Å². The molecule has 0 aliphatic rings. The van der Waals surface area contributed by atoms with Gasteiger partial charge in [0.2, 0.25) is 0 Å². The Hall–Kier alpha value is -11.4. The van der Waals surface area contributed by atoms with Crippen molar-refractivity contribution in [2.45, 2.75) is 6.92 Å². The number of aryl methyl sites for hydroxylation is 1. The highest BCUT2D eigenvalue weighted by Gasteiger charge is 2.16. The van der Waals surface area contributed by atoms with Crippen LogP contribution < -0.4 is 4.90 Å². The predicted octanol–water partition coefficient (Wildman–Crippen LogP) is 14.0. The monoisotopic (exact) mass is 995 g/mol. The van der Waals surface area contributed by atoms with Crippen molar-refractivity contribution < 1.29 is 39.6 Å². The van der Waals surface area contributed by atoms with E-state index in [1.54, 1.807) is 48.5 Å². The second-order valence-corrected chi connectivity index (χ2v) is 16.7. The van der Waals surface area contributed by atoms with Crippen LogP contribution in [0.1, 0.15) is 61.2 Å². The average molecular weight is 996 g/mol. The molecule has 366 valence electrons. The molecule has 0 amide bonds. The summed E-state index contributed by atoms with van der Waals surface area (Å²) < 4.78 is 0. The highest BCUT2D eigenvalue weighted by Crippen LogP contribution is 2.37. The third kappa shape index (κ3) is 13.1. The lowest BCUT2D eigenvalue weighted by atomic mass is 9.94. The van der Waals surface area contributed by atoms with Crippen LogP contribution >= 0.6 is 0 Å². The van der Waals surface area contributed by atoms with Gasteiger partial charge in [0, 0.05) is 17.1 Å². The summed E-state index contributed by atoms with van der Waals surface area (Å²) in [6.45, 7) is 31.0. The van der Waals surface area contributed by atoms with Gasteiger partial charge in [0.25, 0.3) is 22.8 Å². The van der Waals surface area contributed by atoms with Gasteiger partial charge in [0.15, 0.2) is 0 Å². The quantitative estimate of drug-likeness (QED) is 0.0394. The van der Waals surface area contributed by atoms with E-state index in [4.69, 9.17) is 26.3 Å². The molecule has 0 aliphatic heterocycles. The molecule has 0 saturated heterocycles. The first-order valence-electron chi connectivity index (χ1n) is 22.9. The Balaban J connectivity index is 1.27. The summed E-state index contributed by atoms with van der Waals surface area (Å²) >= 11 is 0. The van der Waals surface area contributed by atoms with Crippen molar-refractivity contribution in [2.24, 2.45) is 0 Å². The number of hydrogen-bond donors (Lipinski definition) is 4. The molecule has 0 saturated carbocycles. The predicted molar refractivity (Wildman–Crippen MR) is 294 cm³/mol. The molecule has 7 rings (SSSR count). The molecule has 13 nitrogen and oxygen atoms in total. The number of carbonyl (C=O) groups is 4. The SMILES string of the molecule is [C-]#[N+]C(=Cc1ccc(C(=Cc2ccc(N(c3ccc(C)cc3)c3ccc(C=C(c4ccc(C=C([N+]#[C-])C(=O)O)cc4)c4ccc(C=C([N+]#[C-])C(=O)O)cc4)cc3)cc2)c2ccc(C=C([N+]#[C-])C(=O)O)cc2)cc1)C(=O)O. The van der Waals surface area contributed by atoms with Crippen molar-refractivity contribution in [3.8, 4) is 0 Å². The fourth-order valence-corrected chi connectivity index (χ4v) is 7.81. The third-order valence-corrected chi connectivity index (χ3v) is 11.7. The molecule has 0 bridgehead atoms. The van der Waals surface area contributed by atoms with Gasteiger partial charge in [0.05, 0.1) is 26.3 Å². The van der Waals surface area contributed by atoms with E-state index in [9.17, 15) is 39.6 Å².